The molecule has 1 heteroatoms. The van der Waals surface area contributed by atoms with Crippen LogP contribution in [0.3, 0.4) is 0 Å². The Morgan fingerprint density at radius 1 is 1.56 bits per heavy atom. The molecular weight excluding hydrogens is 110 g/mol. The van der Waals surface area contributed by atoms with Gasteiger partial charge in [0.05, 0.1) is 0 Å². The van der Waals surface area contributed by atoms with Crippen molar-refractivity contribution in [3.05, 3.63) is 6.92 Å². The number of hydrogen-bond acceptors (Lipinski definition) is 1. The molecule has 1 heterocycles. The molecule has 0 spiro atoms. The zero-order valence-corrected chi connectivity index (χ0v) is 6.03. The van der Waals surface area contributed by atoms with Crippen LogP contribution in [0.15, 0.2) is 0 Å². The van der Waals surface area contributed by atoms with Crippen molar-refractivity contribution in [2.45, 2.75) is 25.7 Å². The van der Waals surface area contributed by atoms with Crippen LogP contribution in [0.5, 0.6) is 0 Å². The van der Waals surface area contributed by atoms with E-state index in [-0.39, 0.29) is 0 Å². The molecule has 53 valence electrons. The van der Waals surface area contributed by atoms with Crippen molar-refractivity contribution in [2.24, 2.45) is 5.92 Å². The van der Waals surface area contributed by atoms with E-state index in [2.05, 4.69) is 12.2 Å². The molecular formula is C8H16N. The van der Waals surface area contributed by atoms with E-state index in [0.717, 1.165) is 12.3 Å². The van der Waals surface area contributed by atoms with Crippen molar-refractivity contribution in [3.63, 3.8) is 0 Å². The quantitative estimate of drug-likeness (QED) is 0.592. The molecule has 1 unspecified atom stereocenters. The first-order valence-electron chi connectivity index (χ1n) is 3.93. The third-order valence-electron chi connectivity index (χ3n) is 2.01. The van der Waals surface area contributed by atoms with Crippen LogP contribution < -0.4 is 5.32 Å². The molecule has 0 aliphatic carbocycles. The molecule has 1 fully saturated rings. The summed E-state index contributed by atoms with van der Waals surface area (Å²) >= 11 is 0. The molecule has 1 N–H and O–H groups in total. The van der Waals surface area contributed by atoms with Gasteiger partial charge in [0.15, 0.2) is 0 Å². The van der Waals surface area contributed by atoms with Crippen LogP contribution in [0, 0.1) is 12.8 Å². The lowest BCUT2D eigenvalue weighted by atomic mass is 9.95. The van der Waals surface area contributed by atoms with Gasteiger partial charge in [-0.05, 0) is 38.3 Å². The summed E-state index contributed by atoms with van der Waals surface area (Å²) in [6.45, 7) is 6.31. The van der Waals surface area contributed by atoms with Crippen molar-refractivity contribution in [1.82, 2.24) is 5.32 Å². The van der Waals surface area contributed by atoms with Gasteiger partial charge in [-0.15, -0.1) is 0 Å². The highest BCUT2D eigenvalue weighted by Gasteiger charge is 2.10. The van der Waals surface area contributed by atoms with Gasteiger partial charge < -0.3 is 5.32 Å². The monoisotopic (exact) mass is 126 g/mol. The molecule has 1 aliphatic heterocycles. The average molecular weight is 126 g/mol. The van der Waals surface area contributed by atoms with Crippen LogP contribution in [-0.4, -0.2) is 13.1 Å². The zero-order valence-electron chi connectivity index (χ0n) is 6.03. The summed E-state index contributed by atoms with van der Waals surface area (Å²) in [5.74, 6) is 0.927. The highest BCUT2D eigenvalue weighted by atomic mass is 14.9. The van der Waals surface area contributed by atoms with E-state index < -0.39 is 0 Å². The molecule has 1 atom stereocenters. The number of nitrogens with one attached hydrogen (secondary N) is 1. The number of piperidine rings is 1. The Kier molecular flexibility index (Phi) is 3.05. The molecule has 1 nitrogen and oxygen atoms in total. The van der Waals surface area contributed by atoms with Crippen molar-refractivity contribution < 1.29 is 0 Å². The van der Waals surface area contributed by atoms with Crippen molar-refractivity contribution in [2.75, 3.05) is 13.1 Å². The van der Waals surface area contributed by atoms with Crippen LogP contribution in [0.4, 0.5) is 0 Å². The normalized spacial score (nSPS) is 28.3. The van der Waals surface area contributed by atoms with Gasteiger partial charge in [-0.25, -0.2) is 0 Å². The summed E-state index contributed by atoms with van der Waals surface area (Å²) < 4.78 is 0. The Labute approximate surface area is 57.8 Å². The van der Waals surface area contributed by atoms with E-state index in [1.165, 1.54) is 32.4 Å². The summed E-state index contributed by atoms with van der Waals surface area (Å²) in [5.41, 5.74) is 0. The first kappa shape index (κ1) is 7.07. The third-order valence-corrected chi connectivity index (χ3v) is 2.01. The molecule has 1 saturated heterocycles. The highest BCUT2D eigenvalue weighted by Crippen LogP contribution is 2.14. The van der Waals surface area contributed by atoms with Gasteiger partial charge in [0, 0.05) is 0 Å². The lowest BCUT2D eigenvalue weighted by Gasteiger charge is -2.21. The van der Waals surface area contributed by atoms with E-state index in [1.54, 1.807) is 0 Å². The van der Waals surface area contributed by atoms with Crippen molar-refractivity contribution in [3.8, 4) is 0 Å². The van der Waals surface area contributed by atoms with Crippen LogP contribution in [0.1, 0.15) is 25.7 Å². The second-order valence-electron chi connectivity index (χ2n) is 2.85. The third kappa shape index (κ3) is 2.35. The van der Waals surface area contributed by atoms with E-state index in [0.29, 0.717) is 0 Å². The van der Waals surface area contributed by atoms with Gasteiger partial charge in [0.1, 0.15) is 0 Å². The van der Waals surface area contributed by atoms with Crippen LogP contribution in [0.2, 0.25) is 0 Å². The summed E-state index contributed by atoms with van der Waals surface area (Å²) in [5, 5.41) is 3.39. The first-order chi connectivity index (χ1) is 4.43. The summed E-state index contributed by atoms with van der Waals surface area (Å²) in [7, 11) is 0. The summed E-state index contributed by atoms with van der Waals surface area (Å²) in [6, 6.07) is 0. The number of hydrogen-bond donors (Lipinski definition) is 1. The van der Waals surface area contributed by atoms with Gasteiger partial charge in [0.2, 0.25) is 0 Å². The van der Waals surface area contributed by atoms with Crippen LogP contribution >= 0.6 is 0 Å². The Morgan fingerprint density at radius 2 is 2.44 bits per heavy atom. The fraction of sp³-hybridized carbons (Fsp3) is 0.875. The van der Waals surface area contributed by atoms with E-state index in [9.17, 15) is 0 Å². The first-order valence-corrected chi connectivity index (χ1v) is 3.93. The maximum atomic E-state index is 3.85. The molecule has 0 saturated carbocycles. The fourth-order valence-corrected chi connectivity index (χ4v) is 1.46. The molecule has 0 amide bonds. The smallest absolute Gasteiger partial charge is 0.00205 e. The van der Waals surface area contributed by atoms with Gasteiger partial charge in [-0.3, -0.25) is 0 Å². The Balaban J connectivity index is 2.08. The zero-order chi connectivity index (χ0) is 6.53. The fourth-order valence-electron chi connectivity index (χ4n) is 1.46. The highest BCUT2D eigenvalue weighted by molar-refractivity contribution is 4.68. The molecule has 0 bridgehead atoms. The Hall–Kier alpha value is -0.0400. The second kappa shape index (κ2) is 3.89. The predicted octanol–water partition coefficient (Wildman–Crippen LogP) is 1.60. The Morgan fingerprint density at radius 3 is 3.00 bits per heavy atom. The van der Waals surface area contributed by atoms with Gasteiger partial charge in [-0.2, -0.15) is 0 Å². The molecule has 0 aromatic heterocycles. The average Bonchev–Trinajstić information content (AvgIpc) is 1.91. The molecule has 0 aromatic carbocycles. The standard InChI is InChI=1S/C8H16N/c1-2-4-8-5-3-6-9-7-8/h8-9H,1-7H2. The van der Waals surface area contributed by atoms with Gasteiger partial charge >= 0.3 is 0 Å². The summed E-state index contributed by atoms with van der Waals surface area (Å²) in [6.07, 6.45) is 5.20. The molecule has 1 radical (unpaired) electrons. The minimum absolute atomic E-state index is 0.927. The van der Waals surface area contributed by atoms with Crippen molar-refractivity contribution in [1.29, 1.82) is 0 Å². The largest absolute Gasteiger partial charge is 0.316 e. The number of rotatable bonds is 2. The SMILES string of the molecule is [CH2]CCC1CCCNC1. The lowest BCUT2D eigenvalue weighted by Crippen LogP contribution is -2.29. The topological polar surface area (TPSA) is 12.0 Å². The van der Waals surface area contributed by atoms with Crippen LogP contribution in [0.25, 0.3) is 0 Å². The second-order valence-corrected chi connectivity index (χ2v) is 2.85. The minimum Gasteiger partial charge on any atom is -0.316 e. The summed E-state index contributed by atoms with van der Waals surface area (Å²) in [4.78, 5) is 0. The van der Waals surface area contributed by atoms with E-state index >= 15 is 0 Å². The predicted molar refractivity (Wildman–Crippen MR) is 40.2 cm³/mol. The van der Waals surface area contributed by atoms with E-state index in [1.807, 2.05) is 0 Å². The van der Waals surface area contributed by atoms with Gasteiger partial charge in [-0.1, -0.05) is 13.3 Å². The molecule has 1 rings (SSSR count). The van der Waals surface area contributed by atoms with Crippen molar-refractivity contribution >= 4 is 0 Å². The molecule has 1 aliphatic rings. The van der Waals surface area contributed by atoms with Gasteiger partial charge in [0.25, 0.3) is 0 Å². The minimum atomic E-state index is 0.927. The Bertz CT molecular complexity index is 62.2. The molecule has 0 aromatic rings. The lowest BCUT2D eigenvalue weighted by molar-refractivity contribution is 0.359. The maximum absolute atomic E-state index is 3.85. The maximum Gasteiger partial charge on any atom is -0.00205 e. The molecule has 9 heavy (non-hydrogen) atoms. The van der Waals surface area contributed by atoms with E-state index in [4.69, 9.17) is 0 Å². The van der Waals surface area contributed by atoms with Crippen LogP contribution in [-0.2, 0) is 0 Å².